The van der Waals surface area contributed by atoms with E-state index in [4.69, 9.17) is 5.10 Å². The summed E-state index contributed by atoms with van der Waals surface area (Å²) < 4.78 is 1.84. The largest absolute Gasteiger partial charge is 0.393 e. The lowest BCUT2D eigenvalue weighted by atomic mass is 9.85. The number of amides is 2. The van der Waals surface area contributed by atoms with Gasteiger partial charge in [-0.2, -0.15) is 5.10 Å². The lowest BCUT2D eigenvalue weighted by Gasteiger charge is -2.34. The summed E-state index contributed by atoms with van der Waals surface area (Å²) in [6.07, 6.45) is 4.30. The highest BCUT2D eigenvalue weighted by atomic mass is 16.3. The monoisotopic (exact) mass is 490 g/mol. The standard InChI is InChI=1S/C29H38N4O3/c1-17-5-4-6-22(19(17)3)20-7-10-31(11-8-20)26(35)16-33-24-14-21-13-23(21)27(24)28(30-33)29(36)32-12-9-25(34)18(2)15-32/h4-6,18,20-21,23,25,34H,7-16H2,1-3H3/t18-,21+,23+,25-/m0/s1. The number of likely N-dealkylation sites (tertiary alicyclic amines) is 2. The quantitative estimate of drug-likeness (QED) is 0.713. The van der Waals surface area contributed by atoms with Crippen molar-refractivity contribution in [3.8, 4) is 0 Å². The fraction of sp³-hybridized carbons (Fsp3) is 0.621. The lowest BCUT2D eigenvalue weighted by molar-refractivity contribution is -0.133. The third-order valence-electron chi connectivity index (χ3n) is 9.42. The van der Waals surface area contributed by atoms with Gasteiger partial charge in [0.1, 0.15) is 6.54 Å². The van der Waals surface area contributed by atoms with E-state index in [0.717, 1.165) is 50.0 Å². The van der Waals surface area contributed by atoms with Crippen LogP contribution in [0.25, 0.3) is 0 Å². The second-order valence-corrected chi connectivity index (χ2v) is 11.7. The van der Waals surface area contributed by atoms with Crippen LogP contribution < -0.4 is 0 Å². The normalized spacial score (nSPS) is 27.7. The lowest BCUT2D eigenvalue weighted by Crippen LogP contribution is -2.45. The summed E-state index contributed by atoms with van der Waals surface area (Å²) in [7, 11) is 0. The summed E-state index contributed by atoms with van der Waals surface area (Å²) >= 11 is 0. The highest BCUT2D eigenvalue weighted by Gasteiger charge is 2.50. The molecule has 1 aromatic carbocycles. The molecule has 2 aliphatic carbocycles. The van der Waals surface area contributed by atoms with Crippen LogP contribution in [-0.4, -0.2) is 68.8 Å². The predicted octanol–water partition coefficient (Wildman–Crippen LogP) is 3.41. The molecule has 4 aliphatic rings. The molecule has 0 unspecified atom stereocenters. The van der Waals surface area contributed by atoms with Gasteiger partial charge in [0, 0.05) is 37.4 Å². The number of aliphatic hydroxyl groups excluding tert-OH is 1. The Labute approximate surface area is 213 Å². The Hall–Kier alpha value is -2.67. The van der Waals surface area contributed by atoms with Gasteiger partial charge >= 0.3 is 0 Å². The van der Waals surface area contributed by atoms with Crippen molar-refractivity contribution < 1.29 is 14.7 Å². The second-order valence-electron chi connectivity index (χ2n) is 11.7. The summed E-state index contributed by atoms with van der Waals surface area (Å²) in [5.41, 5.74) is 6.89. The smallest absolute Gasteiger partial charge is 0.274 e. The van der Waals surface area contributed by atoms with Gasteiger partial charge in [-0.1, -0.05) is 25.1 Å². The van der Waals surface area contributed by atoms with E-state index in [9.17, 15) is 14.7 Å². The zero-order chi connectivity index (χ0) is 25.1. The summed E-state index contributed by atoms with van der Waals surface area (Å²) in [5.74, 6) is 1.70. The van der Waals surface area contributed by atoms with Crippen molar-refractivity contribution in [1.82, 2.24) is 19.6 Å². The molecule has 1 saturated carbocycles. The van der Waals surface area contributed by atoms with Gasteiger partial charge < -0.3 is 14.9 Å². The molecule has 6 rings (SSSR count). The number of hydrogen-bond donors (Lipinski definition) is 1. The van der Waals surface area contributed by atoms with Gasteiger partial charge in [0.2, 0.25) is 5.91 Å². The molecule has 2 saturated heterocycles. The Morgan fingerprint density at radius 2 is 1.83 bits per heavy atom. The summed E-state index contributed by atoms with van der Waals surface area (Å²) in [5, 5.41) is 14.8. The van der Waals surface area contributed by atoms with Crippen molar-refractivity contribution in [3.05, 3.63) is 51.8 Å². The van der Waals surface area contributed by atoms with Crippen LogP contribution in [0, 0.1) is 25.7 Å². The maximum absolute atomic E-state index is 13.5. The first-order chi connectivity index (χ1) is 17.3. The molecule has 192 valence electrons. The number of aryl methyl sites for hydroxylation is 1. The molecule has 4 atom stereocenters. The van der Waals surface area contributed by atoms with E-state index in [1.165, 1.54) is 16.7 Å². The average molecular weight is 491 g/mol. The molecule has 2 aromatic rings. The molecule has 7 nitrogen and oxygen atoms in total. The zero-order valence-corrected chi connectivity index (χ0v) is 21.7. The van der Waals surface area contributed by atoms with Crippen molar-refractivity contribution in [2.45, 2.75) is 77.4 Å². The summed E-state index contributed by atoms with van der Waals surface area (Å²) in [6.45, 7) is 9.24. The van der Waals surface area contributed by atoms with Gasteiger partial charge in [0.25, 0.3) is 5.91 Å². The van der Waals surface area contributed by atoms with Gasteiger partial charge in [0.15, 0.2) is 5.69 Å². The van der Waals surface area contributed by atoms with E-state index < -0.39 is 0 Å². The minimum Gasteiger partial charge on any atom is -0.393 e. The zero-order valence-electron chi connectivity index (χ0n) is 21.7. The topological polar surface area (TPSA) is 78.7 Å². The number of carbonyl (C=O) groups is 2. The molecule has 2 aliphatic heterocycles. The van der Waals surface area contributed by atoms with E-state index in [2.05, 4.69) is 32.0 Å². The fourth-order valence-corrected chi connectivity index (χ4v) is 6.83. The number of aromatic nitrogens is 2. The van der Waals surface area contributed by atoms with Crippen molar-refractivity contribution in [2.75, 3.05) is 26.2 Å². The number of fused-ring (bicyclic) bond motifs is 3. The van der Waals surface area contributed by atoms with Gasteiger partial charge in [-0.3, -0.25) is 14.3 Å². The molecule has 3 heterocycles. The number of piperidine rings is 2. The maximum atomic E-state index is 13.5. The van der Waals surface area contributed by atoms with Crippen LogP contribution in [0.4, 0.5) is 0 Å². The van der Waals surface area contributed by atoms with Crippen molar-refractivity contribution in [3.63, 3.8) is 0 Å². The molecular weight excluding hydrogens is 452 g/mol. The molecule has 1 aromatic heterocycles. The second kappa shape index (κ2) is 9.02. The van der Waals surface area contributed by atoms with E-state index in [0.29, 0.717) is 43.0 Å². The first-order valence-electron chi connectivity index (χ1n) is 13.7. The van der Waals surface area contributed by atoms with Crippen molar-refractivity contribution in [1.29, 1.82) is 0 Å². The number of carbonyl (C=O) groups excluding carboxylic acids is 2. The Morgan fingerprint density at radius 1 is 1.08 bits per heavy atom. The highest BCUT2D eigenvalue weighted by Crippen LogP contribution is 2.57. The molecule has 36 heavy (non-hydrogen) atoms. The molecule has 3 fully saturated rings. The molecule has 1 N–H and O–H groups in total. The summed E-state index contributed by atoms with van der Waals surface area (Å²) in [4.78, 5) is 30.6. The van der Waals surface area contributed by atoms with Crippen LogP contribution in [-0.2, 0) is 17.8 Å². The molecule has 0 radical (unpaired) electrons. The SMILES string of the molecule is Cc1cccc(C2CCN(C(=O)Cn3nc(C(=O)N4CC[C@H](O)[C@@H](C)C4)c4c3C[C@H]3C[C@@H]43)CC2)c1C. The van der Waals surface area contributed by atoms with Crippen LogP contribution >= 0.6 is 0 Å². The number of aliphatic hydroxyl groups is 1. The average Bonchev–Trinajstić information content (AvgIpc) is 3.40. The minimum absolute atomic E-state index is 0.0295. The van der Waals surface area contributed by atoms with Crippen molar-refractivity contribution >= 4 is 11.8 Å². The number of benzene rings is 1. The van der Waals surface area contributed by atoms with Crippen LogP contribution in [0.1, 0.15) is 82.9 Å². The van der Waals surface area contributed by atoms with Crippen LogP contribution in [0.15, 0.2) is 18.2 Å². The minimum atomic E-state index is -0.346. The van der Waals surface area contributed by atoms with E-state index in [1.54, 1.807) is 0 Å². The Bertz CT molecular complexity index is 1200. The number of hydrogen-bond acceptors (Lipinski definition) is 4. The third-order valence-corrected chi connectivity index (χ3v) is 9.42. The van der Waals surface area contributed by atoms with Gasteiger partial charge in [-0.15, -0.1) is 0 Å². The van der Waals surface area contributed by atoms with E-state index >= 15 is 0 Å². The first kappa shape index (κ1) is 23.7. The Morgan fingerprint density at radius 3 is 2.58 bits per heavy atom. The van der Waals surface area contributed by atoms with E-state index in [-0.39, 0.29) is 30.4 Å². The van der Waals surface area contributed by atoms with Gasteiger partial charge in [-0.05, 0) is 86.3 Å². The van der Waals surface area contributed by atoms with Crippen LogP contribution in [0.2, 0.25) is 0 Å². The molecule has 2 amide bonds. The Balaban J connectivity index is 1.15. The van der Waals surface area contributed by atoms with Gasteiger partial charge in [0.05, 0.1) is 6.10 Å². The van der Waals surface area contributed by atoms with Crippen LogP contribution in [0.5, 0.6) is 0 Å². The third kappa shape index (κ3) is 4.05. The molecular formula is C29H38N4O3. The van der Waals surface area contributed by atoms with Gasteiger partial charge in [-0.25, -0.2) is 0 Å². The fourth-order valence-electron chi connectivity index (χ4n) is 6.83. The first-order valence-corrected chi connectivity index (χ1v) is 13.7. The Kier molecular flexibility index (Phi) is 5.94. The maximum Gasteiger partial charge on any atom is 0.274 e. The van der Waals surface area contributed by atoms with Crippen LogP contribution in [0.3, 0.4) is 0 Å². The molecule has 7 heteroatoms. The highest BCUT2D eigenvalue weighted by molar-refractivity contribution is 5.95. The number of nitrogens with zero attached hydrogens (tertiary/aromatic N) is 4. The summed E-state index contributed by atoms with van der Waals surface area (Å²) in [6, 6.07) is 6.55. The predicted molar refractivity (Wildman–Crippen MR) is 137 cm³/mol. The molecule has 0 spiro atoms. The number of rotatable bonds is 4. The molecule has 0 bridgehead atoms. The van der Waals surface area contributed by atoms with E-state index in [1.807, 2.05) is 21.4 Å². The van der Waals surface area contributed by atoms with Crippen molar-refractivity contribution in [2.24, 2.45) is 11.8 Å².